The minimum Gasteiger partial charge on any atom is -0.482 e. The van der Waals surface area contributed by atoms with E-state index in [0.29, 0.717) is 0 Å². The number of nitrogens with zero attached hydrogens (tertiary/aromatic N) is 1. The average molecular weight is 361 g/mol. The van der Waals surface area contributed by atoms with Gasteiger partial charge in [0.1, 0.15) is 16.4 Å². The zero-order valence-corrected chi connectivity index (χ0v) is 14.1. The Kier molecular flexibility index (Phi) is 5.28. The normalized spacial score (nSPS) is 19.6. The molecule has 126 valence electrons. The first-order valence-corrected chi connectivity index (χ1v) is 8.77. The molecule has 0 aromatic heterocycles. The molecular weight excluding hydrogens is 344 g/mol. The lowest BCUT2D eigenvalue weighted by atomic mass is 10.0. The molecular formula is C14H17ClN2O5S. The number of ether oxygens (including phenoxy) is 1. The smallest absolute Gasteiger partial charge is 0.255 e. The number of benzene rings is 1. The highest BCUT2D eigenvalue weighted by atomic mass is 35.5. The van der Waals surface area contributed by atoms with Gasteiger partial charge in [-0.2, -0.15) is 4.31 Å². The van der Waals surface area contributed by atoms with Crippen molar-refractivity contribution in [2.75, 3.05) is 19.7 Å². The van der Waals surface area contributed by atoms with Gasteiger partial charge in [-0.1, -0.05) is 18.5 Å². The Bertz CT molecular complexity index is 735. The van der Waals surface area contributed by atoms with Gasteiger partial charge in [-0.3, -0.25) is 9.59 Å². The first kappa shape index (κ1) is 17.7. The van der Waals surface area contributed by atoms with Gasteiger partial charge in [0.05, 0.1) is 0 Å². The molecule has 2 rings (SSSR count). The quantitative estimate of drug-likeness (QED) is 0.835. The maximum atomic E-state index is 12.8. The molecule has 0 spiro atoms. The van der Waals surface area contributed by atoms with Crippen LogP contribution in [-0.4, -0.2) is 44.1 Å². The number of piperidine rings is 1. The van der Waals surface area contributed by atoms with Gasteiger partial charge in [0, 0.05) is 30.5 Å². The van der Waals surface area contributed by atoms with Crippen LogP contribution in [0.1, 0.15) is 13.3 Å². The first-order chi connectivity index (χ1) is 10.7. The average Bonchev–Trinajstić information content (AvgIpc) is 2.48. The van der Waals surface area contributed by atoms with Gasteiger partial charge in [-0.25, -0.2) is 8.42 Å². The van der Waals surface area contributed by atoms with Gasteiger partial charge in [0.15, 0.2) is 6.61 Å². The largest absolute Gasteiger partial charge is 0.482 e. The number of rotatable bonds is 5. The third kappa shape index (κ3) is 4.01. The number of halogens is 1. The highest BCUT2D eigenvalue weighted by molar-refractivity contribution is 7.89. The highest BCUT2D eigenvalue weighted by Gasteiger charge is 2.34. The molecule has 1 saturated heterocycles. The van der Waals surface area contributed by atoms with Crippen molar-refractivity contribution < 1.29 is 22.7 Å². The lowest BCUT2D eigenvalue weighted by molar-refractivity contribution is -0.124. The van der Waals surface area contributed by atoms with Gasteiger partial charge in [0.2, 0.25) is 10.0 Å². The van der Waals surface area contributed by atoms with Crippen LogP contribution < -0.4 is 10.5 Å². The third-order valence-electron chi connectivity index (χ3n) is 3.53. The summed E-state index contributed by atoms with van der Waals surface area (Å²) >= 11 is 5.89. The summed E-state index contributed by atoms with van der Waals surface area (Å²) in [6.07, 6.45) is 0.165. The van der Waals surface area contributed by atoms with Crippen LogP contribution in [0.3, 0.4) is 0 Å². The first-order valence-electron chi connectivity index (χ1n) is 6.95. The summed E-state index contributed by atoms with van der Waals surface area (Å²) in [7, 11) is -3.90. The Morgan fingerprint density at radius 2 is 2.17 bits per heavy atom. The minimum absolute atomic E-state index is 0.00208. The molecule has 1 aliphatic heterocycles. The highest BCUT2D eigenvalue weighted by Crippen LogP contribution is 2.31. The Morgan fingerprint density at radius 1 is 1.48 bits per heavy atom. The number of ketones is 1. The number of amides is 1. The Morgan fingerprint density at radius 3 is 2.78 bits per heavy atom. The van der Waals surface area contributed by atoms with E-state index >= 15 is 0 Å². The summed E-state index contributed by atoms with van der Waals surface area (Å²) in [6.45, 7) is 1.45. The van der Waals surface area contributed by atoms with E-state index in [2.05, 4.69) is 0 Å². The van der Waals surface area contributed by atoms with E-state index in [1.54, 1.807) is 6.92 Å². The maximum absolute atomic E-state index is 12.8. The summed E-state index contributed by atoms with van der Waals surface area (Å²) in [4.78, 5) is 22.3. The monoisotopic (exact) mass is 360 g/mol. The van der Waals surface area contributed by atoms with Gasteiger partial charge < -0.3 is 10.5 Å². The van der Waals surface area contributed by atoms with Gasteiger partial charge in [0.25, 0.3) is 5.91 Å². The van der Waals surface area contributed by atoms with Crippen molar-refractivity contribution in [1.82, 2.24) is 4.31 Å². The van der Waals surface area contributed by atoms with Crippen LogP contribution >= 0.6 is 11.6 Å². The van der Waals surface area contributed by atoms with Crippen molar-refractivity contribution in [3.63, 3.8) is 0 Å². The number of primary amides is 1. The molecule has 1 aliphatic rings. The van der Waals surface area contributed by atoms with Gasteiger partial charge >= 0.3 is 0 Å². The van der Waals surface area contributed by atoms with Crippen LogP contribution in [0.4, 0.5) is 0 Å². The van der Waals surface area contributed by atoms with Crippen LogP contribution in [0, 0.1) is 5.92 Å². The van der Waals surface area contributed by atoms with E-state index in [1.807, 2.05) is 0 Å². The minimum atomic E-state index is -3.90. The second-order valence-electron chi connectivity index (χ2n) is 5.33. The molecule has 1 amide bonds. The van der Waals surface area contributed by atoms with E-state index in [1.165, 1.54) is 22.5 Å². The SMILES string of the molecule is CC1CN(S(=O)(=O)c2cc(Cl)ccc2OCC(N)=O)CCC1=O. The lowest BCUT2D eigenvalue weighted by Gasteiger charge is -2.29. The third-order valence-corrected chi connectivity index (χ3v) is 5.65. The van der Waals surface area contributed by atoms with Crippen molar-refractivity contribution in [2.45, 2.75) is 18.2 Å². The molecule has 1 heterocycles. The van der Waals surface area contributed by atoms with E-state index in [0.717, 1.165) is 0 Å². The molecule has 0 radical (unpaired) electrons. The molecule has 0 bridgehead atoms. The van der Waals surface area contributed by atoms with Crippen LogP contribution in [0.25, 0.3) is 0 Å². The number of sulfonamides is 1. The molecule has 0 saturated carbocycles. The molecule has 0 aliphatic carbocycles. The van der Waals surface area contributed by atoms with Crippen molar-refractivity contribution in [3.8, 4) is 5.75 Å². The van der Waals surface area contributed by atoms with Crippen molar-refractivity contribution in [1.29, 1.82) is 0 Å². The van der Waals surface area contributed by atoms with Crippen molar-refractivity contribution >= 4 is 33.3 Å². The Hall–Kier alpha value is -1.64. The number of carbonyl (C=O) groups is 2. The fourth-order valence-electron chi connectivity index (χ4n) is 2.29. The van der Waals surface area contributed by atoms with E-state index in [-0.39, 0.29) is 46.9 Å². The van der Waals surface area contributed by atoms with Crippen LogP contribution in [0.5, 0.6) is 5.75 Å². The van der Waals surface area contributed by atoms with Crippen molar-refractivity contribution in [3.05, 3.63) is 23.2 Å². The number of nitrogens with two attached hydrogens (primary N) is 1. The maximum Gasteiger partial charge on any atom is 0.255 e. The predicted molar refractivity (Wildman–Crippen MR) is 83.7 cm³/mol. The summed E-state index contributed by atoms with van der Waals surface area (Å²) in [5.41, 5.74) is 5.02. The standard InChI is InChI=1S/C14H17ClN2O5S/c1-9-7-17(5-4-11(9)18)23(20,21)13-6-10(15)2-3-12(13)22-8-14(16)19/h2-3,6,9H,4-5,7-8H2,1H3,(H2,16,19). The summed E-state index contributed by atoms with van der Waals surface area (Å²) in [5, 5.41) is 0.219. The van der Waals surface area contributed by atoms with Gasteiger partial charge in [-0.15, -0.1) is 0 Å². The second-order valence-corrected chi connectivity index (χ2v) is 7.67. The van der Waals surface area contributed by atoms with Crippen LogP contribution in [0.2, 0.25) is 5.02 Å². The topological polar surface area (TPSA) is 107 Å². The zero-order chi connectivity index (χ0) is 17.2. The Labute approximate surface area is 139 Å². The Balaban J connectivity index is 2.36. The van der Waals surface area contributed by atoms with Crippen molar-refractivity contribution in [2.24, 2.45) is 11.7 Å². The second kappa shape index (κ2) is 6.86. The zero-order valence-electron chi connectivity index (χ0n) is 12.5. The van der Waals surface area contributed by atoms with Crippen LogP contribution in [-0.2, 0) is 19.6 Å². The molecule has 1 atom stereocenters. The van der Waals surface area contributed by atoms with Crippen LogP contribution in [0.15, 0.2) is 23.1 Å². The van der Waals surface area contributed by atoms with Gasteiger partial charge in [-0.05, 0) is 18.2 Å². The lowest BCUT2D eigenvalue weighted by Crippen LogP contribution is -2.43. The van der Waals surface area contributed by atoms with E-state index in [9.17, 15) is 18.0 Å². The molecule has 23 heavy (non-hydrogen) atoms. The fourth-order valence-corrected chi connectivity index (χ4v) is 4.21. The number of hydrogen-bond acceptors (Lipinski definition) is 5. The number of hydrogen-bond donors (Lipinski definition) is 1. The van der Waals surface area contributed by atoms with E-state index in [4.69, 9.17) is 22.1 Å². The predicted octanol–water partition coefficient (Wildman–Crippen LogP) is 0.804. The molecule has 2 N–H and O–H groups in total. The number of Topliss-reactive ketones (excluding diaryl/α,β-unsaturated/α-hetero) is 1. The summed E-state index contributed by atoms with van der Waals surface area (Å²) in [5.74, 6) is -1.06. The van der Waals surface area contributed by atoms with E-state index < -0.39 is 22.5 Å². The molecule has 1 aromatic rings. The summed E-state index contributed by atoms with van der Waals surface area (Å²) in [6, 6.07) is 4.09. The summed E-state index contributed by atoms with van der Waals surface area (Å²) < 4.78 is 32.0. The molecule has 1 fully saturated rings. The molecule has 7 nitrogen and oxygen atoms in total. The molecule has 9 heteroatoms. The fraction of sp³-hybridized carbons (Fsp3) is 0.429. The molecule has 1 unspecified atom stereocenters. The number of carbonyl (C=O) groups excluding carboxylic acids is 2. The molecule has 1 aromatic carbocycles.